The van der Waals surface area contributed by atoms with Gasteiger partial charge in [0.25, 0.3) is 0 Å². The van der Waals surface area contributed by atoms with Crippen LogP contribution in [0.25, 0.3) is 6.08 Å². The van der Waals surface area contributed by atoms with E-state index in [0.29, 0.717) is 5.75 Å². The number of benzene rings is 1. The molecule has 0 amide bonds. The van der Waals surface area contributed by atoms with E-state index in [-0.39, 0.29) is 0 Å². The van der Waals surface area contributed by atoms with Gasteiger partial charge in [-0.2, -0.15) is 0 Å². The van der Waals surface area contributed by atoms with Gasteiger partial charge in [-0.05, 0) is 33.6 Å². The van der Waals surface area contributed by atoms with Gasteiger partial charge >= 0.3 is 5.97 Å². The summed E-state index contributed by atoms with van der Waals surface area (Å²) in [4.78, 5) is 15.5. The van der Waals surface area contributed by atoms with Crippen LogP contribution < -0.4 is 4.74 Å². The second-order valence-electron chi connectivity index (χ2n) is 3.50. The highest BCUT2D eigenvalue weighted by atomic mass is 79.9. The van der Waals surface area contributed by atoms with E-state index in [9.17, 15) is 4.79 Å². The number of nitrogens with zero attached hydrogens (tertiary/aromatic N) is 1. The number of rotatable bonds is 3. The van der Waals surface area contributed by atoms with Gasteiger partial charge in [-0.3, -0.25) is 4.98 Å². The topological polar surface area (TPSA) is 39.2 Å². The van der Waals surface area contributed by atoms with Crippen molar-refractivity contribution >= 4 is 28.0 Å². The zero-order chi connectivity index (χ0) is 12.8. The summed E-state index contributed by atoms with van der Waals surface area (Å²) in [5.74, 6) is -0.0224. The molecule has 0 aliphatic carbocycles. The van der Waals surface area contributed by atoms with Crippen molar-refractivity contribution in [3.05, 3.63) is 64.9 Å². The van der Waals surface area contributed by atoms with Gasteiger partial charge in [-0.1, -0.05) is 30.3 Å². The molecular formula is C14H10BrNO2. The lowest BCUT2D eigenvalue weighted by Gasteiger charge is -2.00. The van der Waals surface area contributed by atoms with E-state index in [0.717, 1.165) is 10.0 Å². The number of halogens is 1. The molecule has 0 fully saturated rings. The van der Waals surface area contributed by atoms with Crippen LogP contribution in [0.2, 0.25) is 0 Å². The van der Waals surface area contributed by atoms with Crippen LogP contribution in [0.4, 0.5) is 0 Å². The van der Waals surface area contributed by atoms with Crippen LogP contribution in [0, 0.1) is 0 Å². The highest BCUT2D eigenvalue weighted by Crippen LogP contribution is 2.16. The van der Waals surface area contributed by atoms with Crippen molar-refractivity contribution in [3.63, 3.8) is 0 Å². The molecule has 0 spiro atoms. The van der Waals surface area contributed by atoms with Gasteiger partial charge < -0.3 is 4.74 Å². The molecule has 0 radical (unpaired) electrons. The van der Waals surface area contributed by atoms with Gasteiger partial charge in [0.1, 0.15) is 0 Å². The van der Waals surface area contributed by atoms with Crippen LogP contribution in [0.3, 0.4) is 0 Å². The molecule has 0 saturated heterocycles. The summed E-state index contributed by atoms with van der Waals surface area (Å²) in [6.45, 7) is 0. The Hall–Kier alpha value is -1.94. The van der Waals surface area contributed by atoms with E-state index in [1.807, 2.05) is 30.3 Å². The number of hydrogen-bond acceptors (Lipinski definition) is 3. The van der Waals surface area contributed by atoms with Crippen molar-refractivity contribution in [3.8, 4) is 5.75 Å². The Morgan fingerprint density at radius 2 is 2.00 bits per heavy atom. The van der Waals surface area contributed by atoms with Crippen molar-refractivity contribution in [2.75, 3.05) is 0 Å². The van der Waals surface area contributed by atoms with Gasteiger partial charge in [0.2, 0.25) is 0 Å². The van der Waals surface area contributed by atoms with Gasteiger partial charge in [-0.25, -0.2) is 4.79 Å². The second-order valence-corrected chi connectivity index (χ2v) is 4.42. The summed E-state index contributed by atoms with van der Waals surface area (Å²) in [5.41, 5.74) is 0.946. The van der Waals surface area contributed by atoms with Gasteiger partial charge in [-0.15, -0.1) is 0 Å². The Kier molecular flexibility index (Phi) is 4.25. The third kappa shape index (κ3) is 3.82. The molecule has 0 unspecified atom stereocenters. The zero-order valence-corrected chi connectivity index (χ0v) is 11.0. The molecule has 2 rings (SSSR count). The summed E-state index contributed by atoms with van der Waals surface area (Å²) in [6.07, 6.45) is 6.19. The summed E-state index contributed by atoms with van der Waals surface area (Å²) in [6, 6.07) is 11.2. The van der Waals surface area contributed by atoms with Crippen molar-refractivity contribution in [2.24, 2.45) is 0 Å². The molecule has 0 saturated carbocycles. The first-order chi connectivity index (χ1) is 8.74. The third-order valence-electron chi connectivity index (χ3n) is 2.11. The van der Waals surface area contributed by atoms with Crippen LogP contribution >= 0.6 is 15.9 Å². The normalized spacial score (nSPS) is 10.5. The van der Waals surface area contributed by atoms with Crippen LogP contribution in [0.5, 0.6) is 5.75 Å². The fourth-order valence-electron chi connectivity index (χ4n) is 1.33. The lowest BCUT2D eigenvalue weighted by Crippen LogP contribution is -2.03. The van der Waals surface area contributed by atoms with E-state index in [2.05, 4.69) is 20.9 Å². The Morgan fingerprint density at radius 3 is 2.72 bits per heavy atom. The highest BCUT2D eigenvalue weighted by Gasteiger charge is 2.01. The number of carbonyl (C=O) groups is 1. The number of pyridine rings is 1. The van der Waals surface area contributed by atoms with E-state index < -0.39 is 5.97 Å². The summed E-state index contributed by atoms with van der Waals surface area (Å²) >= 11 is 3.26. The molecule has 0 aliphatic rings. The Labute approximate surface area is 113 Å². The monoisotopic (exact) mass is 303 g/mol. The fraction of sp³-hybridized carbons (Fsp3) is 0. The Morgan fingerprint density at radius 1 is 1.22 bits per heavy atom. The van der Waals surface area contributed by atoms with Crippen LogP contribution in [-0.4, -0.2) is 11.0 Å². The number of ether oxygens (including phenoxy) is 1. The van der Waals surface area contributed by atoms with Gasteiger partial charge in [0.05, 0.1) is 6.20 Å². The molecule has 0 bridgehead atoms. The summed E-state index contributed by atoms with van der Waals surface area (Å²) in [5, 5.41) is 0. The molecule has 3 nitrogen and oxygen atoms in total. The molecule has 18 heavy (non-hydrogen) atoms. The largest absolute Gasteiger partial charge is 0.422 e. The Bertz CT molecular complexity index is 567. The van der Waals surface area contributed by atoms with Crippen molar-refractivity contribution in [2.45, 2.75) is 0 Å². The standard InChI is InChI=1S/C14H10BrNO2/c15-12-8-13(10-16-9-12)18-14(17)7-6-11-4-2-1-3-5-11/h1-10H/b7-6+. The van der Waals surface area contributed by atoms with Crippen LogP contribution in [0.1, 0.15) is 5.56 Å². The molecule has 0 aliphatic heterocycles. The minimum absolute atomic E-state index is 0.409. The van der Waals surface area contributed by atoms with Crippen molar-refractivity contribution in [1.82, 2.24) is 4.98 Å². The molecule has 90 valence electrons. The fourth-order valence-corrected chi connectivity index (χ4v) is 1.67. The second kappa shape index (κ2) is 6.12. The molecule has 1 aromatic carbocycles. The number of esters is 1. The van der Waals surface area contributed by atoms with E-state index in [4.69, 9.17) is 4.74 Å². The van der Waals surface area contributed by atoms with Crippen molar-refractivity contribution in [1.29, 1.82) is 0 Å². The summed E-state index contributed by atoms with van der Waals surface area (Å²) in [7, 11) is 0. The van der Waals surface area contributed by atoms with Crippen molar-refractivity contribution < 1.29 is 9.53 Å². The SMILES string of the molecule is O=C(/C=C/c1ccccc1)Oc1cncc(Br)c1. The van der Waals surface area contributed by atoms with E-state index >= 15 is 0 Å². The maximum atomic E-state index is 11.5. The smallest absolute Gasteiger partial charge is 0.336 e. The first kappa shape index (κ1) is 12.5. The molecule has 1 aromatic heterocycles. The molecule has 2 aromatic rings. The average Bonchev–Trinajstić information content (AvgIpc) is 2.38. The van der Waals surface area contributed by atoms with Gasteiger partial charge in [0.15, 0.2) is 5.75 Å². The zero-order valence-electron chi connectivity index (χ0n) is 9.42. The molecule has 0 N–H and O–H groups in total. The lowest BCUT2D eigenvalue weighted by atomic mass is 10.2. The van der Waals surface area contributed by atoms with Crippen LogP contribution in [0.15, 0.2) is 59.3 Å². The van der Waals surface area contributed by atoms with Crippen LogP contribution in [-0.2, 0) is 4.79 Å². The first-order valence-electron chi connectivity index (χ1n) is 5.29. The number of carbonyl (C=O) groups excluding carboxylic acids is 1. The minimum atomic E-state index is -0.432. The maximum Gasteiger partial charge on any atom is 0.336 e. The molecule has 0 atom stereocenters. The molecular weight excluding hydrogens is 294 g/mol. The predicted molar refractivity (Wildman–Crippen MR) is 73.0 cm³/mol. The van der Waals surface area contributed by atoms with E-state index in [1.165, 1.54) is 12.3 Å². The average molecular weight is 304 g/mol. The lowest BCUT2D eigenvalue weighted by molar-refractivity contribution is -0.128. The maximum absolute atomic E-state index is 11.5. The third-order valence-corrected chi connectivity index (χ3v) is 2.54. The Balaban J connectivity index is 1.99. The number of hydrogen-bond donors (Lipinski definition) is 0. The highest BCUT2D eigenvalue weighted by molar-refractivity contribution is 9.10. The molecule has 1 heterocycles. The van der Waals surface area contributed by atoms with E-state index in [1.54, 1.807) is 18.3 Å². The predicted octanol–water partition coefficient (Wildman–Crippen LogP) is 3.46. The first-order valence-corrected chi connectivity index (χ1v) is 6.09. The minimum Gasteiger partial charge on any atom is -0.422 e. The van der Waals surface area contributed by atoms with Gasteiger partial charge in [0, 0.05) is 16.7 Å². The summed E-state index contributed by atoms with van der Waals surface area (Å²) < 4.78 is 5.86. The number of aromatic nitrogens is 1. The molecule has 4 heteroatoms. The quantitative estimate of drug-likeness (QED) is 0.644.